The van der Waals surface area contributed by atoms with E-state index >= 15 is 0 Å². The Morgan fingerprint density at radius 2 is 1.81 bits per heavy atom. The van der Waals surface area contributed by atoms with Gasteiger partial charge in [0.2, 0.25) is 5.91 Å². The number of ether oxygens (including phenoxy) is 1. The first-order valence-electron chi connectivity index (χ1n) is 12.0. The highest BCUT2D eigenvalue weighted by Gasteiger charge is 2.24. The molecule has 0 saturated heterocycles. The minimum absolute atomic E-state index is 0.128. The molecule has 0 spiro atoms. The number of rotatable bonds is 8. The lowest BCUT2D eigenvalue weighted by molar-refractivity contribution is -0.126. The van der Waals surface area contributed by atoms with E-state index < -0.39 is 0 Å². The van der Waals surface area contributed by atoms with E-state index in [9.17, 15) is 4.79 Å². The number of nitrogens with zero attached hydrogens (tertiary/aromatic N) is 2. The zero-order valence-electron chi connectivity index (χ0n) is 19.6. The maximum absolute atomic E-state index is 12.8. The van der Waals surface area contributed by atoms with Crippen LogP contribution in [0.1, 0.15) is 68.4 Å². The van der Waals surface area contributed by atoms with E-state index in [1.807, 2.05) is 25.1 Å². The minimum Gasteiger partial charge on any atom is -0.493 e. The van der Waals surface area contributed by atoms with Gasteiger partial charge >= 0.3 is 0 Å². The lowest BCUT2D eigenvalue weighted by atomic mass is 9.88. The number of nitrogens with one attached hydrogen (secondary N) is 1. The summed E-state index contributed by atoms with van der Waals surface area (Å²) in [5.41, 5.74) is 4.40. The fraction of sp³-hybridized carbons (Fsp3) is 0.481. The summed E-state index contributed by atoms with van der Waals surface area (Å²) < 4.78 is 8.36. The summed E-state index contributed by atoms with van der Waals surface area (Å²) in [5, 5.41) is 3.24. The summed E-state index contributed by atoms with van der Waals surface area (Å²) >= 11 is 0. The molecule has 1 heterocycles. The van der Waals surface area contributed by atoms with Crippen molar-refractivity contribution < 1.29 is 9.53 Å². The molecule has 1 unspecified atom stereocenters. The van der Waals surface area contributed by atoms with Crippen LogP contribution >= 0.6 is 0 Å². The molecule has 0 bridgehead atoms. The number of carbonyl (C=O) groups is 1. The minimum atomic E-state index is -0.128. The monoisotopic (exact) mass is 433 g/mol. The van der Waals surface area contributed by atoms with Gasteiger partial charge in [-0.1, -0.05) is 49.6 Å². The normalized spacial score (nSPS) is 15.6. The van der Waals surface area contributed by atoms with E-state index in [1.165, 1.54) is 6.42 Å². The molecule has 5 heteroatoms. The Labute approximate surface area is 191 Å². The van der Waals surface area contributed by atoms with Gasteiger partial charge in [0.05, 0.1) is 23.7 Å². The number of amides is 1. The fourth-order valence-corrected chi connectivity index (χ4v) is 4.84. The van der Waals surface area contributed by atoms with Crippen molar-refractivity contribution in [3.8, 4) is 5.75 Å². The van der Waals surface area contributed by atoms with Crippen molar-refractivity contribution in [1.82, 2.24) is 14.9 Å². The second-order valence-corrected chi connectivity index (χ2v) is 9.10. The third-order valence-corrected chi connectivity index (χ3v) is 6.59. The second kappa shape index (κ2) is 10.2. The molecule has 1 aromatic heterocycles. The molecule has 1 N–H and O–H groups in total. The molecular weight excluding hydrogens is 398 g/mol. The van der Waals surface area contributed by atoms with Crippen LogP contribution in [0, 0.1) is 19.8 Å². The topological polar surface area (TPSA) is 56.1 Å². The van der Waals surface area contributed by atoms with Crippen LogP contribution in [0.4, 0.5) is 0 Å². The quantitative estimate of drug-likeness (QED) is 0.451. The number of para-hydroxylation sites is 3. The van der Waals surface area contributed by atoms with Gasteiger partial charge in [0, 0.05) is 12.5 Å². The van der Waals surface area contributed by atoms with Gasteiger partial charge in [-0.25, -0.2) is 4.98 Å². The van der Waals surface area contributed by atoms with Gasteiger partial charge in [-0.05, 0) is 63.3 Å². The van der Waals surface area contributed by atoms with Crippen LogP contribution < -0.4 is 10.1 Å². The van der Waals surface area contributed by atoms with E-state index in [0.717, 1.165) is 72.4 Å². The van der Waals surface area contributed by atoms with Crippen molar-refractivity contribution in [1.29, 1.82) is 0 Å². The number of aromatic nitrogens is 2. The maximum Gasteiger partial charge on any atom is 0.223 e. The zero-order chi connectivity index (χ0) is 22.5. The highest BCUT2D eigenvalue weighted by Crippen LogP contribution is 2.26. The van der Waals surface area contributed by atoms with Crippen LogP contribution in [-0.2, 0) is 11.3 Å². The molecule has 0 aliphatic heterocycles. The van der Waals surface area contributed by atoms with E-state index in [-0.39, 0.29) is 17.9 Å². The molecule has 1 aliphatic carbocycles. The molecule has 4 rings (SSSR count). The van der Waals surface area contributed by atoms with Crippen LogP contribution in [0.2, 0.25) is 0 Å². The Hall–Kier alpha value is -2.82. The van der Waals surface area contributed by atoms with Crippen molar-refractivity contribution in [2.75, 3.05) is 6.61 Å². The van der Waals surface area contributed by atoms with Gasteiger partial charge in [0.25, 0.3) is 0 Å². The van der Waals surface area contributed by atoms with Gasteiger partial charge in [0.15, 0.2) is 0 Å². The number of imidazole rings is 1. The first kappa shape index (κ1) is 22.4. The molecule has 1 atom stereocenters. The third kappa shape index (κ3) is 4.98. The Morgan fingerprint density at radius 1 is 1.09 bits per heavy atom. The molecule has 1 saturated carbocycles. The standard InChI is InChI=1S/C27H35N3O2/c1-19-11-9-12-20(2)25(19)32-18-10-17-30-24-16-8-7-15-23(24)29-26(30)21(3)28-27(31)22-13-5-4-6-14-22/h7-9,11-12,15-16,21-22H,4-6,10,13-14,17-18H2,1-3H3,(H,28,31). The van der Waals surface area contributed by atoms with Crippen molar-refractivity contribution in [2.45, 2.75) is 71.9 Å². The molecular formula is C27H35N3O2. The summed E-state index contributed by atoms with van der Waals surface area (Å²) in [4.78, 5) is 17.7. The van der Waals surface area contributed by atoms with Gasteiger partial charge < -0.3 is 14.6 Å². The number of benzene rings is 2. The van der Waals surface area contributed by atoms with Crippen molar-refractivity contribution in [3.05, 3.63) is 59.4 Å². The van der Waals surface area contributed by atoms with E-state index in [2.05, 4.69) is 48.0 Å². The first-order valence-corrected chi connectivity index (χ1v) is 12.0. The fourth-order valence-electron chi connectivity index (χ4n) is 4.84. The number of fused-ring (bicyclic) bond motifs is 1. The van der Waals surface area contributed by atoms with Crippen LogP contribution in [0.25, 0.3) is 11.0 Å². The number of carbonyl (C=O) groups excluding carboxylic acids is 1. The van der Waals surface area contributed by atoms with Gasteiger partial charge in [-0.2, -0.15) is 0 Å². The van der Waals surface area contributed by atoms with Gasteiger partial charge in [-0.15, -0.1) is 0 Å². The summed E-state index contributed by atoms with van der Waals surface area (Å²) in [6, 6.07) is 14.3. The molecule has 3 aromatic rings. The van der Waals surface area contributed by atoms with Gasteiger partial charge in [-0.3, -0.25) is 4.79 Å². The lowest BCUT2D eigenvalue weighted by Gasteiger charge is -2.23. The molecule has 2 aromatic carbocycles. The average Bonchev–Trinajstić information content (AvgIpc) is 3.17. The SMILES string of the molecule is Cc1cccc(C)c1OCCCn1c(C(C)NC(=O)C2CCCCC2)nc2ccccc21. The predicted octanol–water partition coefficient (Wildman–Crippen LogP) is 5.88. The molecule has 1 aliphatic rings. The summed E-state index contributed by atoms with van der Waals surface area (Å²) in [6.45, 7) is 7.65. The molecule has 1 fully saturated rings. The third-order valence-electron chi connectivity index (χ3n) is 6.59. The summed E-state index contributed by atoms with van der Waals surface area (Å²) in [7, 11) is 0. The lowest BCUT2D eigenvalue weighted by Crippen LogP contribution is -2.35. The van der Waals surface area contributed by atoms with Crippen molar-refractivity contribution in [3.63, 3.8) is 0 Å². The summed E-state index contributed by atoms with van der Waals surface area (Å²) in [6.07, 6.45) is 6.44. The predicted molar refractivity (Wildman–Crippen MR) is 129 cm³/mol. The highest BCUT2D eigenvalue weighted by atomic mass is 16.5. The maximum atomic E-state index is 12.8. The Kier molecular flexibility index (Phi) is 7.13. The summed E-state index contributed by atoms with van der Waals surface area (Å²) in [5.74, 6) is 2.22. The Balaban J connectivity index is 1.45. The van der Waals surface area contributed by atoms with E-state index in [0.29, 0.717) is 6.61 Å². The van der Waals surface area contributed by atoms with Crippen LogP contribution in [0.5, 0.6) is 5.75 Å². The molecule has 1 amide bonds. The Bertz CT molecular complexity index is 1050. The van der Waals surface area contributed by atoms with Crippen LogP contribution in [-0.4, -0.2) is 22.1 Å². The highest BCUT2D eigenvalue weighted by molar-refractivity contribution is 5.80. The van der Waals surface area contributed by atoms with E-state index in [1.54, 1.807) is 0 Å². The first-order chi connectivity index (χ1) is 15.5. The van der Waals surface area contributed by atoms with Crippen molar-refractivity contribution >= 4 is 16.9 Å². The Morgan fingerprint density at radius 3 is 2.56 bits per heavy atom. The second-order valence-electron chi connectivity index (χ2n) is 9.10. The smallest absolute Gasteiger partial charge is 0.223 e. The number of aryl methyl sites for hydroxylation is 3. The zero-order valence-corrected chi connectivity index (χ0v) is 19.6. The molecule has 32 heavy (non-hydrogen) atoms. The number of hydrogen-bond donors (Lipinski definition) is 1. The van der Waals surface area contributed by atoms with Gasteiger partial charge in [0.1, 0.15) is 11.6 Å². The van der Waals surface area contributed by atoms with Crippen LogP contribution in [0.3, 0.4) is 0 Å². The molecule has 5 nitrogen and oxygen atoms in total. The largest absolute Gasteiger partial charge is 0.493 e. The van der Waals surface area contributed by atoms with Crippen LogP contribution in [0.15, 0.2) is 42.5 Å². The molecule has 170 valence electrons. The van der Waals surface area contributed by atoms with E-state index in [4.69, 9.17) is 9.72 Å². The molecule has 0 radical (unpaired) electrons. The average molecular weight is 434 g/mol. The van der Waals surface area contributed by atoms with Crippen molar-refractivity contribution in [2.24, 2.45) is 5.92 Å². The number of hydrogen-bond acceptors (Lipinski definition) is 3.